The molecule has 4 rings (SSSR count). The number of pyridine rings is 1. The maximum Gasteiger partial charge on any atom is 0.303 e. The molecule has 5 nitrogen and oxygen atoms in total. The van der Waals surface area contributed by atoms with Crippen molar-refractivity contribution in [2.75, 3.05) is 6.61 Å². The molecule has 3 unspecified atom stereocenters. The molecule has 0 saturated carbocycles. The van der Waals surface area contributed by atoms with Crippen molar-refractivity contribution < 1.29 is 19.4 Å². The van der Waals surface area contributed by atoms with Gasteiger partial charge in [0.05, 0.1) is 12.7 Å². The van der Waals surface area contributed by atoms with Crippen LogP contribution in [0.4, 0.5) is 0 Å². The molecule has 0 bridgehead atoms. The van der Waals surface area contributed by atoms with Crippen molar-refractivity contribution in [3.63, 3.8) is 0 Å². The molecule has 0 spiro atoms. The summed E-state index contributed by atoms with van der Waals surface area (Å²) in [5.41, 5.74) is 2.05. The van der Waals surface area contributed by atoms with E-state index in [1.54, 1.807) is 6.20 Å². The highest BCUT2D eigenvalue weighted by Crippen LogP contribution is 2.41. The summed E-state index contributed by atoms with van der Waals surface area (Å²) in [5.74, 6) is -0.656. The lowest BCUT2D eigenvalue weighted by molar-refractivity contribution is -0.243. The zero-order chi connectivity index (χ0) is 20.8. The summed E-state index contributed by atoms with van der Waals surface area (Å²) in [7, 11) is 0. The molecule has 2 aromatic carbocycles. The lowest BCUT2D eigenvalue weighted by atomic mass is 9.92. The molecule has 3 aromatic rings. The Morgan fingerprint density at radius 2 is 1.97 bits per heavy atom. The van der Waals surface area contributed by atoms with Crippen LogP contribution in [-0.4, -0.2) is 22.7 Å². The van der Waals surface area contributed by atoms with Crippen molar-refractivity contribution in [1.29, 1.82) is 0 Å². The number of aromatic nitrogens is 1. The van der Waals surface area contributed by atoms with E-state index in [1.165, 1.54) is 0 Å². The van der Waals surface area contributed by atoms with Crippen LogP contribution in [0.25, 0.3) is 10.8 Å². The van der Waals surface area contributed by atoms with Crippen LogP contribution < -0.4 is 0 Å². The van der Waals surface area contributed by atoms with Crippen LogP contribution in [0.3, 0.4) is 0 Å². The molecule has 1 aliphatic rings. The van der Waals surface area contributed by atoms with Crippen molar-refractivity contribution in [2.24, 2.45) is 5.92 Å². The molecule has 0 radical (unpaired) electrons. The van der Waals surface area contributed by atoms with Crippen LogP contribution in [0.1, 0.15) is 42.8 Å². The van der Waals surface area contributed by atoms with Gasteiger partial charge in [0, 0.05) is 30.3 Å². The third-order valence-electron chi connectivity index (χ3n) is 5.38. The molecule has 154 valence electrons. The average molecular weight is 403 g/mol. The zero-order valence-electron chi connectivity index (χ0n) is 16.7. The molecule has 1 aliphatic heterocycles. The van der Waals surface area contributed by atoms with Gasteiger partial charge in [0.15, 0.2) is 6.29 Å². The second-order valence-corrected chi connectivity index (χ2v) is 7.48. The number of allylic oxidation sites excluding steroid dienone is 2. The SMILES string of the molecule is O=C(O)CC/C=C\CC1COC(c2cccc3ccccc23)OC1c1cccnc1. The number of fused-ring (bicyclic) bond motifs is 1. The first-order valence-electron chi connectivity index (χ1n) is 10.2. The summed E-state index contributed by atoms with van der Waals surface area (Å²) in [5, 5.41) is 11.1. The number of carboxylic acid groups (broad SMARTS) is 1. The third-order valence-corrected chi connectivity index (χ3v) is 5.38. The third kappa shape index (κ3) is 4.75. The van der Waals surface area contributed by atoms with Crippen LogP contribution in [-0.2, 0) is 14.3 Å². The summed E-state index contributed by atoms with van der Waals surface area (Å²) < 4.78 is 12.6. The van der Waals surface area contributed by atoms with Crippen LogP contribution in [0.15, 0.2) is 79.1 Å². The van der Waals surface area contributed by atoms with Gasteiger partial charge < -0.3 is 14.6 Å². The van der Waals surface area contributed by atoms with Crippen LogP contribution >= 0.6 is 0 Å². The van der Waals surface area contributed by atoms with Crippen molar-refractivity contribution in [3.8, 4) is 0 Å². The smallest absolute Gasteiger partial charge is 0.303 e. The highest BCUT2D eigenvalue weighted by atomic mass is 16.7. The van der Waals surface area contributed by atoms with Gasteiger partial charge in [0.25, 0.3) is 0 Å². The first-order valence-corrected chi connectivity index (χ1v) is 10.2. The fraction of sp³-hybridized carbons (Fsp3) is 0.280. The summed E-state index contributed by atoms with van der Waals surface area (Å²) in [6.07, 6.45) is 8.37. The minimum atomic E-state index is -0.782. The Morgan fingerprint density at radius 3 is 2.80 bits per heavy atom. The maximum absolute atomic E-state index is 10.7. The lowest BCUT2D eigenvalue weighted by Crippen LogP contribution is -2.30. The number of ether oxygens (including phenoxy) is 2. The predicted octanol–water partition coefficient (Wildman–Crippen LogP) is 5.45. The van der Waals surface area contributed by atoms with E-state index in [0.29, 0.717) is 13.0 Å². The van der Waals surface area contributed by atoms with Gasteiger partial charge in [-0.25, -0.2) is 0 Å². The van der Waals surface area contributed by atoms with Crippen LogP contribution in [0.2, 0.25) is 0 Å². The monoisotopic (exact) mass is 403 g/mol. The molecule has 1 fully saturated rings. The lowest BCUT2D eigenvalue weighted by Gasteiger charge is -2.37. The number of nitrogens with zero attached hydrogens (tertiary/aromatic N) is 1. The first kappa shape index (κ1) is 20.3. The van der Waals surface area contributed by atoms with E-state index in [4.69, 9.17) is 14.6 Å². The molecule has 5 heteroatoms. The summed E-state index contributed by atoms with van der Waals surface area (Å²) in [4.78, 5) is 15.0. The van der Waals surface area contributed by atoms with Gasteiger partial charge in [-0.15, -0.1) is 0 Å². The molecule has 1 saturated heterocycles. The largest absolute Gasteiger partial charge is 0.481 e. The Kier molecular flexibility index (Phi) is 6.52. The van der Waals surface area contributed by atoms with Gasteiger partial charge in [-0.05, 0) is 35.2 Å². The van der Waals surface area contributed by atoms with Gasteiger partial charge in [-0.2, -0.15) is 0 Å². The van der Waals surface area contributed by atoms with Crippen molar-refractivity contribution in [3.05, 3.63) is 90.3 Å². The van der Waals surface area contributed by atoms with Gasteiger partial charge >= 0.3 is 5.97 Å². The van der Waals surface area contributed by atoms with Crippen molar-refractivity contribution >= 4 is 16.7 Å². The van der Waals surface area contributed by atoms with E-state index >= 15 is 0 Å². The Labute approximate surface area is 176 Å². The number of carbonyl (C=O) groups is 1. The van der Waals surface area contributed by atoms with E-state index in [-0.39, 0.29) is 18.4 Å². The minimum absolute atomic E-state index is 0.126. The average Bonchev–Trinajstić information content (AvgIpc) is 2.79. The summed E-state index contributed by atoms with van der Waals surface area (Å²) >= 11 is 0. The van der Waals surface area contributed by atoms with E-state index in [9.17, 15) is 4.79 Å². The topological polar surface area (TPSA) is 68.7 Å². The first-order chi connectivity index (χ1) is 14.7. The number of aliphatic carboxylic acids is 1. The molecule has 1 N–H and O–H groups in total. The zero-order valence-corrected chi connectivity index (χ0v) is 16.7. The molecule has 3 atom stereocenters. The molecule has 2 heterocycles. The molecular formula is C25H25NO4. The van der Waals surface area contributed by atoms with E-state index < -0.39 is 12.3 Å². The van der Waals surface area contributed by atoms with Gasteiger partial charge in [0.2, 0.25) is 0 Å². The fourth-order valence-electron chi connectivity index (χ4n) is 3.88. The van der Waals surface area contributed by atoms with E-state index in [1.807, 2.05) is 48.7 Å². The second-order valence-electron chi connectivity index (χ2n) is 7.48. The van der Waals surface area contributed by atoms with Gasteiger partial charge in [-0.1, -0.05) is 60.7 Å². The van der Waals surface area contributed by atoms with E-state index in [2.05, 4.69) is 29.2 Å². The Morgan fingerprint density at radius 1 is 1.10 bits per heavy atom. The van der Waals surface area contributed by atoms with Crippen molar-refractivity contribution in [2.45, 2.75) is 31.7 Å². The molecule has 30 heavy (non-hydrogen) atoms. The quantitative estimate of drug-likeness (QED) is 0.531. The Bertz CT molecular complexity index is 1010. The molecule has 0 aliphatic carbocycles. The highest BCUT2D eigenvalue weighted by molar-refractivity contribution is 5.85. The number of hydrogen-bond acceptors (Lipinski definition) is 4. The van der Waals surface area contributed by atoms with Gasteiger partial charge in [-0.3, -0.25) is 9.78 Å². The highest BCUT2D eigenvalue weighted by Gasteiger charge is 2.34. The predicted molar refractivity (Wildman–Crippen MR) is 115 cm³/mol. The normalized spacial score (nSPS) is 21.8. The van der Waals surface area contributed by atoms with Crippen LogP contribution in [0, 0.1) is 5.92 Å². The molecule has 0 amide bonds. The van der Waals surface area contributed by atoms with Gasteiger partial charge in [0.1, 0.15) is 0 Å². The number of carboxylic acids is 1. The second kappa shape index (κ2) is 9.65. The number of benzene rings is 2. The minimum Gasteiger partial charge on any atom is -0.481 e. The molecule has 1 aromatic heterocycles. The molecular weight excluding hydrogens is 378 g/mol. The van der Waals surface area contributed by atoms with Crippen LogP contribution in [0.5, 0.6) is 0 Å². The Hall–Kier alpha value is -3.02. The van der Waals surface area contributed by atoms with E-state index in [0.717, 1.165) is 28.3 Å². The number of hydrogen-bond donors (Lipinski definition) is 1. The fourth-order valence-corrected chi connectivity index (χ4v) is 3.88. The number of rotatable bonds is 7. The Balaban J connectivity index is 1.55. The van der Waals surface area contributed by atoms with Crippen molar-refractivity contribution in [1.82, 2.24) is 4.98 Å². The summed E-state index contributed by atoms with van der Waals surface area (Å²) in [6, 6.07) is 18.4. The standard InChI is InChI=1S/C25H25NO4/c27-23(28)14-3-1-2-9-20-17-29-25(30-24(20)19-11-7-15-26-16-19)22-13-6-10-18-8-4-5-12-21(18)22/h1-2,4-8,10-13,15-16,20,24-25H,3,9,14,17H2,(H,27,28)/b2-1-. The maximum atomic E-state index is 10.7. The summed E-state index contributed by atoms with van der Waals surface area (Å²) in [6.45, 7) is 0.552.